The van der Waals surface area contributed by atoms with E-state index in [0.717, 1.165) is 11.3 Å². The Morgan fingerprint density at radius 2 is 1.88 bits per heavy atom. The summed E-state index contributed by atoms with van der Waals surface area (Å²) >= 11 is 1.30. The zero-order valence-electron chi connectivity index (χ0n) is 14.7. The molecule has 0 aliphatic rings. The van der Waals surface area contributed by atoms with E-state index in [4.69, 9.17) is 9.47 Å². The third-order valence-electron chi connectivity index (χ3n) is 3.59. The molecular formula is C19H19N3O3S. The Morgan fingerprint density at radius 3 is 2.50 bits per heavy atom. The topological polar surface area (TPSA) is 73.3 Å². The van der Waals surface area contributed by atoms with Crippen LogP contribution in [0.3, 0.4) is 0 Å². The van der Waals surface area contributed by atoms with Gasteiger partial charge in [0.2, 0.25) is 0 Å². The number of hydrogen-bond acceptors (Lipinski definition) is 6. The molecule has 0 aliphatic heterocycles. The molecule has 0 bridgehead atoms. The zero-order valence-corrected chi connectivity index (χ0v) is 15.5. The van der Waals surface area contributed by atoms with Crippen molar-refractivity contribution in [2.24, 2.45) is 0 Å². The van der Waals surface area contributed by atoms with Crippen molar-refractivity contribution in [1.82, 2.24) is 9.59 Å². The highest BCUT2D eigenvalue weighted by Crippen LogP contribution is 2.29. The number of nitrogens with zero attached hydrogens (tertiary/aromatic N) is 2. The van der Waals surface area contributed by atoms with Crippen LogP contribution < -0.4 is 14.8 Å². The van der Waals surface area contributed by atoms with Crippen LogP contribution in [0.25, 0.3) is 11.3 Å². The van der Waals surface area contributed by atoms with Gasteiger partial charge in [0.15, 0.2) is 11.5 Å². The molecule has 7 heteroatoms. The highest BCUT2D eigenvalue weighted by molar-refractivity contribution is 7.03. The summed E-state index contributed by atoms with van der Waals surface area (Å²) < 4.78 is 14.8. The number of carbonyl (C=O) groups is 1. The number of aromatic nitrogens is 2. The van der Waals surface area contributed by atoms with Crippen molar-refractivity contribution in [3.63, 3.8) is 0 Å². The van der Waals surface area contributed by atoms with Crippen LogP contribution in [0.2, 0.25) is 0 Å². The first-order chi connectivity index (χ1) is 12.6. The van der Waals surface area contributed by atoms with Crippen LogP contribution in [0.1, 0.15) is 24.2 Å². The van der Waals surface area contributed by atoms with Gasteiger partial charge in [-0.05, 0) is 55.7 Å². The van der Waals surface area contributed by atoms with Gasteiger partial charge in [-0.1, -0.05) is 16.6 Å². The molecule has 0 aliphatic carbocycles. The van der Waals surface area contributed by atoms with E-state index < -0.39 is 0 Å². The zero-order chi connectivity index (χ0) is 18.5. The molecule has 2 aromatic carbocycles. The summed E-state index contributed by atoms with van der Waals surface area (Å²) in [5.74, 6) is 0.917. The number of ether oxygens (including phenoxy) is 2. The highest BCUT2D eigenvalue weighted by Gasteiger charge is 2.12. The predicted molar refractivity (Wildman–Crippen MR) is 102 cm³/mol. The summed E-state index contributed by atoms with van der Waals surface area (Å²) in [5, 5.41) is 8.78. The lowest BCUT2D eigenvalue weighted by atomic mass is 10.1. The molecule has 0 saturated heterocycles. The summed E-state index contributed by atoms with van der Waals surface area (Å²) in [7, 11) is 1.55. The molecular weight excluding hydrogens is 350 g/mol. The summed E-state index contributed by atoms with van der Waals surface area (Å²) in [5.41, 5.74) is 2.96. The molecule has 0 radical (unpaired) electrons. The molecule has 1 amide bonds. The second-order valence-corrected chi connectivity index (χ2v) is 6.46. The third-order valence-corrected chi connectivity index (χ3v) is 4.09. The monoisotopic (exact) mass is 369 g/mol. The normalized spacial score (nSPS) is 10.6. The van der Waals surface area contributed by atoms with Gasteiger partial charge in [0.05, 0.1) is 13.2 Å². The molecule has 0 unspecified atom stereocenters. The number of hydrogen-bond donors (Lipinski definition) is 1. The Morgan fingerprint density at radius 1 is 1.12 bits per heavy atom. The first kappa shape index (κ1) is 17.9. The second-order valence-electron chi connectivity index (χ2n) is 5.85. The fraction of sp³-hybridized carbons (Fsp3) is 0.211. The lowest BCUT2D eigenvalue weighted by Crippen LogP contribution is -2.13. The van der Waals surface area contributed by atoms with Gasteiger partial charge in [-0.3, -0.25) is 4.79 Å². The van der Waals surface area contributed by atoms with Gasteiger partial charge in [0, 0.05) is 22.2 Å². The van der Waals surface area contributed by atoms with Gasteiger partial charge in [0.25, 0.3) is 5.91 Å². The van der Waals surface area contributed by atoms with E-state index in [1.54, 1.807) is 25.3 Å². The Hall–Kier alpha value is -2.93. The average molecular weight is 369 g/mol. The lowest BCUT2D eigenvalue weighted by molar-refractivity contribution is 0.102. The Balaban J connectivity index is 1.73. The van der Waals surface area contributed by atoms with Crippen molar-refractivity contribution in [3.8, 4) is 22.8 Å². The minimum absolute atomic E-state index is 0.0232. The van der Waals surface area contributed by atoms with Crippen LogP contribution in [0.4, 0.5) is 5.69 Å². The molecule has 26 heavy (non-hydrogen) atoms. The summed E-state index contributed by atoms with van der Waals surface area (Å²) in [4.78, 5) is 12.5. The van der Waals surface area contributed by atoms with Crippen LogP contribution in [-0.2, 0) is 0 Å². The molecule has 1 aromatic heterocycles. The smallest absolute Gasteiger partial charge is 0.255 e. The third kappa shape index (κ3) is 4.18. The molecule has 3 aromatic rings. The standard InChI is InChI=1S/C19H19N3O3S/c1-12(2)25-17-9-6-14(10-18(17)24-3)19(23)20-15-7-4-13(5-8-15)16-11-26-22-21-16/h4-12H,1-3H3,(H,20,23). The Kier molecular flexibility index (Phi) is 5.48. The number of nitrogens with one attached hydrogen (secondary N) is 1. The van der Waals surface area contributed by atoms with Gasteiger partial charge in [-0.25, -0.2) is 0 Å². The number of benzene rings is 2. The molecule has 0 atom stereocenters. The van der Waals surface area contributed by atoms with E-state index in [-0.39, 0.29) is 12.0 Å². The molecule has 6 nitrogen and oxygen atoms in total. The fourth-order valence-corrected chi connectivity index (χ4v) is 2.84. The Labute approximate surface area is 155 Å². The maximum Gasteiger partial charge on any atom is 0.255 e. The quantitative estimate of drug-likeness (QED) is 0.703. The first-order valence-corrected chi connectivity index (χ1v) is 8.94. The van der Waals surface area contributed by atoms with E-state index in [1.165, 1.54) is 11.5 Å². The summed E-state index contributed by atoms with van der Waals surface area (Å²) in [6, 6.07) is 12.6. The van der Waals surface area contributed by atoms with E-state index in [0.29, 0.717) is 22.7 Å². The van der Waals surface area contributed by atoms with Gasteiger partial charge in [-0.2, -0.15) is 0 Å². The average Bonchev–Trinajstić information content (AvgIpc) is 3.17. The van der Waals surface area contributed by atoms with E-state index >= 15 is 0 Å². The van der Waals surface area contributed by atoms with Crippen LogP contribution in [0.5, 0.6) is 11.5 Å². The van der Waals surface area contributed by atoms with Gasteiger partial charge in [-0.15, -0.1) is 5.10 Å². The van der Waals surface area contributed by atoms with Crippen molar-refractivity contribution < 1.29 is 14.3 Å². The minimum atomic E-state index is -0.220. The molecule has 0 spiro atoms. The van der Waals surface area contributed by atoms with Crippen LogP contribution in [0.15, 0.2) is 47.8 Å². The van der Waals surface area contributed by atoms with Gasteiger partial charge < -0.3 is 14.8 Å². The predicted octanol–water partition coefficient (Wildman–Crippen LogP) is 4.25. The number of rotatable bonds is 6. The summed E-state index contributed by atoms with van der Waals surface area (Å²) in [6.45, 7) is 3.87. The van der Waals surface area contributed by atoms with Crippen molar-refractivity contribution in [3.05, 3.63) is 53.4 Å². The molecule has 3 rings (SSSR count). The Bertz CT molecular complexity index is 878. The number of carbonyl (C=O) groups excluding carboxylic acids is 1. The van der Waals surface area contributed by atoms with Crippen LogP contribution >= 0.6 is 11.5 Å². The first-order valence-electron chi connectivity index (χ1n) is 8.10. The second kappa shape index (κ2) is 7.97. The van der Waals surface area contributed by atoms with E-state index in [9.17, 15) is 4.79 Å². The molecule has 1 heterocycles. The maximum absolute atomic E-state index is 12.5. The molecule has 134 valence electrons. The fourth-order valence-electron chi connectivity index (χ4n) is 2.38. The maximum atomic E-state index is 12.5. The van der Waals surface area contributed by atoms with Crippen molar-refractivity contribution in [2.45, 2.75) is 20.0 Å². The number of methoxy groups -OCH3 is 1. The molecule has 0 fully saturated rings. The van der Waals surface area contributed by atoms with Crippen molar-refractivity contribution >= 4 is 23.1 Å². The minimum Gasteiger partial charge on any atom is -0.493 e. The lowest BCUT2D eigenvalue weighted by Gasteiger charge is -2.14. The van der Waals surface area contributed by atoms with Gasteiger partial charge in [0.1, 0.15) is 5.69 Å². The SMILES string of the molecule is COc1cc(C(=O)Nc2ccc(-c3csnn3)cc2)ccc1OC(C)C. The number of anilines is 1. The van der Waals surface area contributed by atoms with E-state index in [2.05, 4.69) is 14.9 Å². The largest absolute Gasteiger partial charge is 0.493 e. The molecule has 1 N–H and O–H groups in total. The van der Waals surface area contributed by atoms with Gasteiger partial charge >= 0.3 is 0 Å². The van der Waals surface area contributed by atoms with Crippen LogP contribution in [0, 0.1) is 0 Å². The summed E-state index contributed by atoms with van der Waals surface area (Å²) in [6.07, 6.45) is 0.0232. The van der Waals surface area contributed by atoms with Crippen molar-refractivity contribution in [2.75, 3.05) is 12.4 Å². The van der Waals surface area contributed by atoms with Crippen molar-refractivity contribution in [1.29, 1.82) is 0 Å². The van der Waals surface area contributed by atoms with E-state index in [1.807, 2.05) is 43.5 Å². The molecule has 0 saturated carbocycles. The number of amides is 1. The highest BCUT2D eigenvalue weighted by atomic mass is 32.1. The van der Waals surface area contributed by atoms with Crippen LogP contribution in [-0.4, -0.2) is 28.7 Å².